The van der Waals surface area contributed by atoms with Crippen LogP contribution in [-0.2, 0) is 23.3 Å². The van der Waals surface area contributed by atoms with Gasteiger partial charge in [0.25, 0.3) is 0 Å². The van der Waals surface area contributed by atoms with Crippen molar-refractivity contribution in [1.82, 2.24) is 4.90 Å². The summed E-state index contributed by atoms with van der Waals surface area (Å²) in [4.78, 5) is 13.6. The number of aryl methyl sites for hydroxylation is 1. The van der Waals surface area contributed by atoms with Crippen LogP contribution >= 0.6 is 0 Å². The number of nitrogens with zero attached hydrogens (tertiary/aromatic N) is 1. The summed E-state index contributed by atoms with van der Waals surface area (Å²) in [5, 5.41) is 0. The van der Waals surface area contributed by atoms with Gasteiger partial charge in [0.2, 0.25) is 5.91 Å². The fourth-order valence-electron chi connectivity index (χ4n) is 3.99. The number of nitrogens with two attached hydrogens (primary N) is 1. The number of rotatable bonds is 3. The summed E-state index contributed by atoms with van der Waals surface area (Å²) in [5.41, 5.74) is 9.69. The summed E-state index contributed by atoms with van der Waals surface area (Å²) in [7, 11) is 0. The Morgan fingerprint density at radius 3 is 2.75 bits per heavy atom. The van der Waals surface area contributed by atoms with E-state index in [9.17, 15) is 4.79 Å². The minimum atomic E-state index is -0.380. The van der Waals surface area contributed by atoms with E-state index in [0.717, 1.165) is 39.1 Å². The summed E-state index contributed by atoms with van der Waals surface area (Å²) >= 11 is 0. The van der Waals surface area contributed by atoms with E-state index >= 15 is 0 Å². The number of carbonyl (C=O) groups is 1. The van der Waals surface area contributed by atoms with E-state index in [0.29, 0.717) is 5.56 Å². The van der Waals surface area contributed by atoms with Crippen LogP contribution in [0.1, 0.15) is 33.5 Å². The van der Waals surface area contributed by atoms with Crippen LogP contribution in [0.15, 0.2) is 48.5 Å². The van der Waals surface area contributed by atoms with Crippen molar-refractivity contribution in [1.29, 1.82) is 0 Å². The van der Waals surface area contributed by atoms with Crippen molar-refractivity contribution in [3.05, 3.63) is 70.8 Å². The number of benzene rings is 2. The zero-order chi connectivity index (χ0) is 16.6. The van der Waals surface area contributed by atoms with Gasteiger partial charge in [-0.25, -0.2) is 0 Å². The summed E-state index contributed by atoms with van der Waals surface area (Å²) in [6, 6.07) is 16.2. The molecule has 2 aromatic carbocycles. The Bertz CT molecular complexity index is 752. The predicted molar refractivity (Wildman–Crippen MR) is 92.6 cm³/mol. The largest absolute Gasteiger partial charge is 0.368 e. The molecule has 0 aromatic heterocycles. The highest BCUT2D eigenvalue weighted by Gasteiger charge is 2.43. The lowest BCUT2D eigenvalue weighted by Crippen LogP contribution is -2.48. The second-order valence-corrected chi connectivity index (χ2v) is 6.77. The van der Waals surface area contributed by atoms with Gasteiger partial charge < -0.3 is 10.5 Å². The molecule has 1 aliphatic heterocycles. The van der Waals surface area contributed by atoms with Crippen molar-refractivity contribution >= 4 is 5.91 Å². The van der Waals surface area contributed by atoms with Crippen LogP contribution < -0.4 is 5.73 Å². The van der Waals surface area contributed by atoms with Gasteiger partial charge in [0, 0.05) is 25.2 Å². The van der Waals surface area contributed by atoms with Gasteiger partial charge in [0.15, 0.2) is 0 Å². The number of ether oxygens (including phenoxy) is 1. The summed E-state index contributed by atoms with van der Waals surface area (Å²) in [6.07, 6.45) is 2.15. The number of hydrogen-bond acceptors (Lipinski definition) is 3. The molecule has 4 rings (SSSR count). The molecule has 4 nitrogen and oxygen atoms in total. The Morgan fingerprint density at radius 2 is 1.96 bits per heavy atom. The predicted octanol–water partition coefficient (Wildman–Crippen LogP) is 2.46. The first kappa shape index (κ1) is 15.4. The molecule has 124 valence electrons. The molecule has 0 bridgehead atoms. The topological polar surface area (TPSA) is 55.6 Å². The van der Waals surface area contributed by atoms with Crippen molar-refractivity contribution < 1.29 is 9.53 Å². The number of fused-ring (bicyclic) bond motifs is 2. The first-order valence-electron chi connectivity index (χ1n) is 8.50. The van der Waals surface area contributed by atoms with E-state index in [-0.39, 0.29) is 11.5 Å². The van der Waals surface area contributed by atoms with Crippen molar-refractivity contribution in [2.24, 2.45) is 5.73 Å². The number of hydrogen-bond donors (Lipinski definition) is 1. The SMILES string of the molecule is NC(=O)c1ccc(CN2CCOC3(CCc4ccccc43)C2)cc1. The summed E-state index contributed by atoms with van der Waals surface area (Å²) in [5.74, 6) is -0.380. The van der Waals surface area contributed by atoms with E-state index in [2.05, 4.69) is 29.2 Å². The molecular formula is C20H22N2O2. The van der Waals surface area contributed by atoms with Crippen molar-refractivity contribution in [2.45, 2.75) is 25.0 Å². The van der Waals surface area contributed by atoms with Crippen molar-refractivity contribution in [3.63, 3.8) is 0 Å². The molecule has 4 heteroatoms. The fourth-order valence-corrected chi connectivity index (χ4v) is 3.99. The molecule has 1 saturated heterocycles. The molecule has 1 spiro atoms. The van der Waals surface area contributed by atoms with Gasteiger partial charge in [0.05, 0.1) is 6.61 Å². The van der Waals surface area contributed by atoms with Crippen LogP contribution in [0.3, 0.4) is 0 Å². The van der Waals surface area contributed by atoms with Crippen LogP contribution in [0.4, 0.5) is 0 Å². The molecule has 1 heterocycles. The van der Waals surface area contributed by atoms with Gasteiger partial charge >= 0.3 is 0 Å². The van der Waals surface area contributed by atoms with Gasteiger partial charge in [-0.3, -0.25) is 9.69 Å². The maximum Gasteiger partial charge on any atom is 0.248 e. The first-order valence-corrected chi connectivity index (χ1v) is 8.50. The second kappa shape index (κ2) is 6.04. The highest BCUT2D eigenvalue weighted by Crippen LogP contribution is 2.42. The second-order valence-electron chi connectivity index (χ2n) is 6.77. The number of carbonyl (C=O) groups excluding carboxylic acids is 1. The molecule has 1 aliphatic carbocycles. The molecule has 2 aliphatic rings. The standard InChI is InChI=1S/C20H22N2O2/c21-19(23)17-7-5-15(6-8-17)13-22-11-12-24-20(14-22)10-9-16-3-1-2-4-18(16)20/h1-8H,9-14H2,(H2,21,23). The molecule has 0 radical (unpaired) electrons. The van der Waals surface area contributed by atoms with Crippen LogP contribution in [0.2, 0.25) is 0 Å². The molecule has 1 unspecified atom stereocenters. The highest BCUT2D eigenvalue weighted by atomic mass is 16.5. The molecular weight excluding hydrogens is 300 g/mol. The van der Waals surface area contributed by atoms with Crippen LogP contribution in [-0.4, -0.2) is 30.5 Å². The normalized spacial score (nSPS) is 23.3. The zero-order valence-electron chi connectivity index (χ0n) is 13.7. The monoisotopic (exact) mass is 322 g/mol. The van der Waals surface area contributed by atoms with Crippen LogP contribution in [0.5, 0.6) is 0 Å². The van der Waals surface area contributed by atoms with Crippen LogP contribution in [0, 0.1) is 0 Å². The summed E-state index contributed by atoms with van der Waals surface area (Å²) < 4.78 is 6.27. The lowest BCUT2D eigenvalue weighted by atomic mass is 9.93. The highest BCUT2D eigenvalue weighted by molar-refractivity contribution is 5.92. The van der Waals surface area contributed by atoms with Crippen LogP contribution in [0.25, 0.3) is 0 Å². The first-order chi connectivity index (χ1) is 11.7. The Morgan fingerprint density at radius 1 is 1.17 bits per heavy atom. The maximum absolute atomic E-state index is 11.2. The van der Waals surface area contributed by atoms with Gasteiger partial charge in [0.1, 0.15) is 5.60 Å². The Hall–Kier alpha value is -2.17. The van der Waals surface area contributed by atoms with Gasteiger partial charge in [-0.1, -0.05) is 36.4 Å². The van der Waals surface area contributed by atoms with E-state index < -0.39 is 0 Å². The average Bonchev–Trinajstić information content (AvgIpc) is 2.94. The number of primary amides is 1. The molecule has 24 heavy (non-hydrogen) atoms. The minimum absolute atomic E-state index is 0.151. The van der Waals surface area contributed by atoms with E-state index in [1.807, 2.05) is 12.1 Å². The van der Waals surface area contributed by atoms with Gasteiger partial charge in [-0.2, -0.15) is 0 Å². The van der Waals surface area contributed by atoms with E-state index in [4.69, 9.17) is 10.5 Å². The lowest BCUT2D eigenvalue weighted by Gasteiger charge is -2.41. The smallest absolute Gasteiger partial charge is 0.248 e. The Labute approximate surface area is 142 Å². The Kier molecular flexibility index (Phi) is 3.87. The molecule has 1 amide bonds. The number of amides is 1. The Balaban J connectivity index is 1.51. The quantitative estimate of drug-likeness (QED) is 0.944. The van der Waals surface area contributed by atoms with Gasteiger partial charge in [-0.15, -0.1) is 0 Å². The zero-order valence-corrected chi connectivity index (χ0v) is 13.7. The molecule has 2 aromatic rings. The fraction of sp³-hybridized carbons (Fsp3) is 0.350. The third kappa shape index (κ3) is 2.72. The van der Waals surface area contributed by atoms with E-state index in [1.165, 1.54) is 16.7 Å². The third-order valence-corrected chi connectivity index (χ3v) is 5.22. The average molecular weight is 322 g/mol. The molecule has 1 atom stereocenters. The molecule has 1 fully saturated rings. The summed E-state index contributed by atoms with van der Waals surface area (Å²) in [6.45, 7) is 3.48. The minimum Gasteiger partial charge on any atom is -0.368 e. The van der Waals surface area contributed by atoms with Crippen molar-refractivity contribution in [3.8, 4) is 0 Å². The van der Waals surface area contributed by atoms with Crippen molar-refractivity contribution in [2.75, 3.05) is 19.7 Å². The third-order valence-electron chi connectivity index (χ3n) is 5.22. The molecule has 0 saturated carbocycles. The number of morpholine rings is 1. The molecule has 2 N–H and O–H groups in total. The maximum atomic E-state index is 11.2. The lowest BCUT2D eigenvalue weighted by molar-refractivity contribution is -0.115. The van der Waals surface area contributed by atoms with Gasteiger partial charge in [-0.05, 0) is 41.7 Å². The van der Waals surface area contributed by atoms with E-state index in [1.54, 1.807) is 12.1 Å².